The molecule has 0 saturated heterocycles. The van der Waals surface area contributed by atoms with Crippen molar-refractivity contribution < 1.29 is 13.3 Å². The molecule has 0 unspecified atom stereocenters. The van der Waals surface area contributed by atoms with Crippen molar-refractivity contribution in [2.75, 3.05) is 4.72 Å². The topological polar surface area (TPSA) is 115 Å². The molecule has 0 atom stereocenters. The number of aromatic nitrogens is 2. The fraction of sp³-hybridized carbons (Fsp3) is 0. The maximum atomic E-state index is 12.2. The maximum absolute atomic E-state index is 12.2. The third-order valence-corrected chi connectivity index (χ3v) is 4.36. The largest absolute Gasteiger partial charge is 0.289 e. The molecule has 0 aliphatic rings. The molecule has 0 spiro atoms. The minimum atomic E-state index is -4.19. The van der Waals surface area contributed by atoms with Gasteiger partial charge in [0, 0.05) is 10.5 Å². The molecule has 2 rings (SSSR count). The van der Waals surface area contributed by atoms with Crippen LogP contribution in [0.2, 0.25) is 5.15 Å². The van der Waals surface area contributed by atoms with Crippen molar-refractivity contribution >= 4 is 49.1 Å². The molecule has 0 amide bonds. The van der Waals surface area contributed by atoms with Gasteiger partial charge in [-0.25, -0.2) is 8.42 Å². The van der Waals surface area contributed by atoms with E-state index in [9.17, 15) is 18.5 Å². The molecule has 1 N–H and O–H groups in total. The molecule has 0 radical (unpaired) electrons. The van der Waals surface area contributed by atoms with Gasteiger partial charge in [0.2, 0.25) is 0 Å². The zero-order chi connectivity index (χ0) is 15.6. The lowest BCUT2D eigenvalue weighted by atomic mass is 10.3. The molecule has 21 heavy (non-hydrogen) atoms. The molecule has 0 bridgehead atoms. The van der Waals surface area contributed by atoms with E-state index in [2.05, 4.69) is 30.8 Å². The van der Waals surface area contributed by atoms with Crippen LogP contribution in [0.1, 0.15) is 0 Å². The van der Waals surface area contributed by atoms with Gasteiger partial charge in [-0.1, -0.05) is 27.5 Å². The Morgan fingerprint density at radius 1 is 1.24 bits per heavy atom. The molecule has 1 heterocycles. The number of hydrogen-bond acceptors (Lipinski definition) is 6. The normalized spacial score (nSPS) is 11.1. The molecule has 110 valence electrons. The Hall–Kier alpha value is -1.78. The molecule has 0 fully saturated rings. The maximum Gasteiger partial charge on any atom is 0.289 e. The average molecular weight is 394 g/mol. The minimum absolute atomic E-state index is 0.0892. The summed E-state index contributed by atoms with van der Waals surface area (Å²) in [6, 6.07) is 6.22. The Morgan fingerprint density at radius 3 is 2.52 bits per heavy atom. The van der Waals surface area contributed by atoms with Gasteiger partial charge in [0.1, 0.15) is 0 Å². The standard InChI is InChI=1S/C10H6BrClN4O4S/c11-6-1-2-7(16(17)18)8(5-6)21(19,20)15-10-4-3-9(12)13-14-10/h1-5H,(H,14,15). The average Bonchev–Trinajstić information content (AvgIpc) is 2.41. The van der Waals surface area contributed by atoms with E-state index in [-0.39, 0.29) is 11.0 Å². The van der Waals surface area contributed by atoms with E-state index in [0.717, 1.165) is 12.1 Å². The zero-order valence-corrected chi connectivity index (χ0v) is 13.2. The van der Waals surface area contributed by atoms with Crippen molar-refractivity contribution in [2.45, 2.75) is 4.90 Å². The van der Waals surface area contributed by atoms with Crippen molar-refractivity contribution in [2.24, 2.45) is 0 Å². The van der Waals surface area contributed by atoms with Crippen molar-refractivity contribution in [3.8, 4) is 0 Å². The van der Waals surface area contributed by atoms with E-state index in [1.807, 2.05) is 0 Å². The number of nitro benzene ring substituents is 1. The summed E-state index contributed by atoms with van der Waals surface area (Å²) in [4.78, 5) is 9.66. The second-order valence-corrected chi connectivity index (χ2v) is 6.67. The van der Waals surface area contributed by atoms with Crippen LogP contribution in [-0.2, 0) is 10.0 Å². The summed E-state index contributed by atoms with van der Waals surface area (Å²) in [6.45, 7) is 0. The minimum Gasteiger partial charge on any atom is -0.262 e. The van der Waals surface area contributed by atoms with Crippen LogP contribution in [0.5, 0.6) is 0 Å². The number of benzene rings is 1. The number of halogens is 2. The first-order chi connectivity index (χ1) is 9.79. The van der Waals surface area contributed by atoms with Gasteiger partial charge in [0.05, 0.1) is 4.92 Å². The van der Waals surface area contributed by atoms with Crippen molar-refractivity contribution in [1.82, 2.24) is 10.2 Å². The Bertz CT molecular complexity index is 797. The van der Waals surface area contributed by atoms with Gasteiger partial charge in [-0.3, -0.25) is 14.8 Å². The van der Waals surface area contributed by atoms with Gasteiger partial charge in [0.25, 0.3) is 15.7 Å². The lowest BCUT2D eigenvalue weighted by Crippen LogP contribution is -2.16. The summed E-state index contributed by atoms with van der Waals surface area (Å²) >= 11 is 8.61. The summed E-state index contributed by atoms with van der Waals surface area (Å²) in [5.74, 6) is -0.103. The number of hydrogen-bond donors (Lipinski definition) is 1. The summed E-state index contributed by atoms with van der Waals surface area (Å²) < 4.78 is 26.9. The molecule has 1 aromatic carbocycles. The molecule has 2 aromatic rings. The molecular weight excluding hydrogens is 388 g/mol. The fourth-order valence-corrected chi connectivity index (χ4v) is 3.22. The highest BCUT2D eigenvalue weighted by Crippen LogP contribution is 2.28. The zero-order valence-electron chi connectivity index (χ0n) is 10.0. The Morgan fingerprint density at radius 2 is 1.95 bits per heavy atom. The van der Waals surface area contributed by atoms with Crippen LogP contribution in [-0.4, -0.2) is 23.5 Å². The van der Waals surface area contributed by atoms with E-state index in [4.69, 9.17) is 11.6 Å². The summed E-state index contributed by atoms with van der Waals surface area (Å²) in [7, 11) is -4.19. The van der Waals surface area contributed by atoms with E-state index < -0.39 is 25.5 Å². The quantitative estimate of drug-likeness (QED) is 0.630. The number of nitro groups is 1. The van der Waals surface area contributed by atoms with Crippen LogP contribution < -0.4 is 4.72 Å². The van der Waals surface area contributed by atoms with Crippen molar-refractivity contribution in [3.63, 3.8) is 0 Å². The van der Waals surface area contributed by atoms with Crippen molar-refractivity contribution in [1.29, 1.82) is 0 Å². The van der Waals surface area contributed by atoms with E-state index >= 15 is 0 Å². The highest BCUT2D eigenvalue weighted by Gasteiger charge is 2.26. The fourth-order valence-electron chi connectivity index (χ4n) is 1.42. The molecular formula is C10H6BrClN4O4S. The predicted octanol–water partition coefficient (Wildman–Crippen LogP) is 2.60. The first kappa shape index (κ1) is 15.6. The first-order valence-corrected chi connectivity index (χ1v) is 7.91. The Kier molecular flexibility index (Phi) is 4.40. The summed E-state index contributed by atoms with van der Waals surface area (Å²) in [6.07, 6.45) is 0. The van der Waals surface area contributed by atoms with Gasteiger partial charge >= 0.3 is 0 Å². The second kappa shape index (κ2) is 5.92. The SMILES string of the molecule is O=[N+]([O-])c1ccc(Br)cc1S(=O)(=O)Nc1ccc(Cl)nn1. The van der Waals surface area contributed by atoms with Gasteiger partial charge in [-0.2, -0.15) is 0 Å². The lowest BCUT2D eigenvalue weighted by molar-refractivity contribution is -0.387. The Balaban J connectivity index is 2.46. The van der Waals surface area contributed by atoms with E-state index in [0.29, 0.717) is 4.47 Å². The second-order valence-electron chi connectivity index (χ2n) is 3.72. The lowest BCUT2D eigenvalue weighted by Gasteiger charge is -2.07. The number of nitrogens with one attached hydrogen (secondary N) is 1. The number of rotatable bonds is 4. The van der Waals surface area contributed by atoms with Crippen molar-refractivity contribution in [3.05, 3.63) is 50.1 Å². The molecule has 0 aliphatic heterocycles. The highest BCUT2D eigenvalue weighted by atomic mass is 79.9. The highest BCUT2D eigenvalue weighted by molar-refractivity contribution is 9.10. The third-order valence-electron chi connectivity index (χ3n) is 2.28. The first-order valence-electron chi connectivity index (χ1n) is 5.25. The van der Waals surface area contributed by atoms with E-state index in [1.54, 1.807) is 0 Å². The smallest absolute Gasteiger partial charge is 0.262 e. The van der Waals surface area contributed by atoms with Gasteiger partial charge < -0.3 is 0 Å². The molecule has 1 aromatic heterocycles. The van der Waals surface area contributed by atoms with Gasteiger partial charge in [-0.05, 0) is 24.3 Å². The predicted molar refractivity (Wildman–Crippen MR) is 78.6 cm³/mol. The van der Waals surface area contributed by atoms with Crippen LogP contribution in [0.15, 0.2) is 39.7 Å². The van der Waals surface area contributed by atoms with Crippen LogP contribution >= 0.6 is 27.5 Å². The van der Waals surface area contributed by atoms with Crippen LogP contribution in [0.4, 0.5) is 11.5 Å². The van der Waals surface area contributed by atoms with Crippen LogP contribution in [0.3, 0.4) is 0 Å². The monoisotopic (exact) mass is 392 g/mol. The van der Waals surface area contributed by atoms with Crippen LogP contribution in [0, 0.1) is 10.1 Å². The van der Waals surface area contributed by atoms with Gasteiger partial charge in [0.15, 0.2) is 15.9 Å². The number of nitrogens with zero attached hydrogens (tertiary/aromatic N) is 3. The molecule has 8 nitrogen and oxygen atoms in total. The third kappa shape index (κ3) is 3.65. The molecule has 0 aliphatic carbocycles. The number of sulfonamides is 1. The number of anilines is 1. The molecule has 11 heteroatoms. The molecule has 0 saturated carbocycles. The van der Waals surface area contributed by atoms with E-state index in [1.165, 1.54) is 18.2 Å². The van der Waals surface area contributed by atoms with Gasteiger partial charge in [-0.15, -0.1) is 10.2 Å². The summed E-state index contributed by atoms with van der Waals surface area (Å²) in [5, 5.41) is 18.0. The van der Waals surface area contributed by atoms with Crippen LogP contribution in [0.25, 0.3) is 0 Å². The Labute approximate surface area is 132 Å². The summed E-state index contributed by atoms with van der Waals surface area (Å²) in [5.41, 5.74) is -0.548.